The second kappa shape index (κ2) is 5.63. The van der Waals surface area contributed by atoms with Crippen molar-refractivity contribution >= 4 is 16.9 Å². The summed E-state index contributed by atoms with van der Waals surface area (Å²) in [5.41, 5.74) is 2.11. The van der Waals surface area contributed by atoms with Gasteiger partial charge in [0.1, 0.15) is 11.9 Å². The van der Waals surface area contributed by atoms with Gasteiger partial charge in [-0.3, -0.25) is 4.79 Å². The van der Waals surface area contributed by atoms with E-state index in [-0.39, 0.29) is 12.0 Å². The number of benzene rings is 1. The zero-order valence-corrected chi connectivity index (χ0v) is 11.6. The molecule has 20 heavy (non-hydrogen) atoms. The van der Waals surface area contributed by atoms with E-state index in [4.69, 9.17) is 4.74 Å². The Morgan fingerprint density at radius 2 is 2.35 bits per heavy atom. The Morgan fingerprint density at radius 3 is 3.10 bits per heavy atom. The average Bonchev–Trinajstić information content (AvgIpc) is 3.09. The molecule has 0 radical (unpaired) electrons. The molecule has 1 aliphatic heterocycles. The maximum Gasteiger partial charge on any atom is 0.249 e. The van der Waals surface area contributed by atoms with Crippen molar-refractivity contribution < 1.29 is 9.53 Å². The molecule has 2 aromatic rings. The molecule has 5 heteroatoms. The number of amides is 1. The molecule has 1 N–H and O–H groups in total. The average molecular weight is 273 g/mol. The molecule has 3 rings (SSSR count). The number of aryl methyl sites for hydroxylation is 1. The fourth-order valence-electron chi connectivity index (χ4n) is 2.61. The van der Waals surface area contributed by atoms with Crippen molar-refractivity contribution in [1.82, 2.24) is 14.9 Å². The molecule has 0 aliphatic carbocycles. The molecule has 1 saturated heterocycles. The Bertz CT molecular complexity index is 615. The number of nitrogens with zero attached hydrogens (tertiary/aromatic N) is 2. The van der Waals surface area contributed by atoms with Crippen LogP contribution in [0.5, 0.6) is 0 Å². The number of fused-ring (bicyclic) bond motifs is 1. The first-order chi connectivity index (χ1) is 9.75. The zero-order chi connectivity index (χ0) is 13.9. The van der Waals surface area contributed by atoms with E-state index in [1.54, 1.807) is 0 Å². The molecule has 0 bridgehead atoms. The highest BCUT2D eigenvalue weighted by Crippen LogP contribution is 2.14. The monoisotopic (exact) mass is 273 g/mol. The van der Waals surface area contributed by atoms with E-state index in [9.17, 15) is 4.79 Å². The maximum atomic E-state index is 11.8. The van der Waals surface area contributed by atoms with Crippen molar-refractivity contribution in [1.29, 1.82) is 0 Å². The maximum absolute atomic E-state index is 11.8. The van der Waals surface area contributed by atoms with E-state index < -0.39 is 0 Å². The lowest BCUT2D eigenvalue weighted by Gasteiger charge is -2.10. The van der Waals surface area contributed by atoms with E-state index >= 15 is 0 Å². The lowest BCUT2D eigenvalue weighted by atomic mass is 10.2. The topological polar surface area (TPSA) is 56.2 Å². The number of imidazole rings is 1. The van der Waals surface area contributed by atoms with Crippen LogP contribution in [0.1, 0.15) is 18.7 Å². The van der Waals surface area contributed by atoms with E-state index in [0.29, 0.717) is 13.2 Å². The molecule has 5 nitrogen and oxygen atoms in total. The normalized spacial score (nSPS) is 18.6. The van der Waals surface area contributed by atoms with Crippen molar-refractivity contribution in [3.63, 3.8) is 0 Å². The second-order valence-electron chi connectivity index (χ2n) is 5.12. The number of rotatable bonds is 4. The number of ether oxygens (including phenoxy) is 1. The van der Waals surface area contributed by atoms with Gasteiger partial charge in [-0.1, -0.05) is 12.1 Å². The summed E-state index contributed by atoms with van der Waals surface area (Å²) in [5, 5.41) is 2.93. The van der Waals surface area contributed by atoms with Crippen LogP contribution in [-0.4, -0.2) is 34.7 Å². The Kier molecular flexibility index (Phi) is 3.69. The quantitative estimate of drug-likeness (QED) is 0.916. The Hall–Kier alpha value is -1.88. The van der Waals surface area contributed by atoms with Crippen molar-refractivity contribution in [2.75, 3.05) is 13.2 Å². The number of hydrogen-bond acceptors (Lipinski definition) is 3. The van der Waals surface area contributed by atoms with Crippen LogP contribution in [0.2, 0.25) is 0 Å². The van der Waals surface area contributed by atoms with Gasteiger partial charge in [0, 0.05) is 26.6 Å². The summed E-state index contributed by atoms with van der Waals surface area (Å²) in [6.45, 7) is 1.29. The molecule has 0 unspecified atom stereocenters. The number of carbonyl (C=O) groups excluding carboxylic acids is 1. The van der Waals surface area contributed by atoms with Crippen LogP contribution in [0.4, 0.5) is 0 Å². The van der Waals surface area contributed by atoms with Crippen molar-refractivity contribution in [3.05, 3.63) is 30.1 Å². The first-order valence-corrected chi connectivity index (χ1v) is 7.05. The smallest absolute Gasteiger partial charge is 0.249 e. The Balaban J connectivity index is 1.59. The molecule has 1 aromatic heterocycles. The summed E-state index contributed by atoms with van der Waals surface area (Å²) in [6.07, 6.45) is 2.28. The SMILES string of the molecule is Cn1c(CCNC(=O)[C@H]2CCCO2)nc2ccccc21. The lowest BCUT2D eigenvalue weighted by molar-refractivity contribution is -0.129. The van der Waals surface area contributed by atoms with Gasteiger partial charge in [0.25, 0.3) is 0 Å². The Morgan fingerprint density at radius 1 is 1.50 bits per heavy atom. The standard InChI is InChI=1S/C15H19N3O2/c1-18-12-6-3-2-5-11(12)17-14(18)8-9-16-15(19)13-7-4-10-20-13/h2-3,5-6,13H,4,7-10H2,1H3,(H,16,19)/t13-/m1/s1. The minimum absolute atomic E-state index is 0.00117. The zero-order valence-electron chi connectivity index (χ0n) is 11.6. The van der Waals surface area contributed by atoms with Gasteiger partial charge >= 0.3 is 0 Å². The van der Waals surface area contributed by atoms with Crippen LogP contribution in [0.3, 0.4) is 0 Å². The summed E-state index contributed by atoms with van der Waals surface area (Å²) in [7, 11) is 2.01. The molecule has 1 aliphatic rings. The predicted octanol–water partition coefficient (Wildman–Crippen LogP) is 1.41. The highest BCUT2D eigenvalue weighted by atomic mass is 16.5. The van der Waals surface area contributed by atoms with Gasteiger partial charge in [0.15, 0.2) is 0 Å². The molecular weight excluding hydrogens is 254 g/mol. The summed E-state index contributed by atoms with van der Waals surface area (Å²) < 4.78 is 7.43. The third-order valence-electron chi connectivity index (χ3n) is 3.75. The van der Waals surface area contributed by atoms with Crippen molar-refractivity contribution in [3.8, 4) is 0 Å². The van der Waals surface area contributed by atoms with Crippen LogP contribution in [-0.2, 0) is 23.0 Å². The number of nitrogens with one attached hydrogen (secondary N) is 1. The van der Waals surface area contributed by atoms with Gasteiger partial charge in [-0.05, 0) is 25.0 Å². The molecule has 106 valence electrons. The van der Waals surface area contributed by atoms with Crippen LogP contribution < -0.4 is 5.32 Å². The third-order valence-corrected chi connectivity index (χ3v) is 3.75. The number of aromatic nitrogens is 2. The first-order valence-electron chi connectivity index (χ1n) is 7.05. The lowest BCUT2D eigenvalue weighted by Crippen LogP contribution is -2.35. The van der Waals surface area contributed by atoms with Gasteiger partial charge < -0.3 is 14.6 Å². The molecule has 1 atom stereocenters. The van der Waals surface area contributed by atoms with Crippen LogP contribution in [0.25, 0.3) is 11.0 Å². The summed E-state index contributed by atoms with van der Waals surface area (Å²) in [6, 6.07) is 8.05. The summed E-state index contributed by atoms with van der Waals surface area (Å²) in [4.78, 5) is 16.4. The van der Waals surface area contributed by atoms with Crippen molar-refractivity contribution in [2.24, 2.45) is 7.05 Å². The molecule has 2 heterocycles. The van der Waals surface area contributed by atoms with Gasteiger partial charge in [-0.25, -0.2) is 4.98 Å². The largest absolute Gasteiger partial charge is 0.368 e. The molecular formula is C15H19N3O2. The minimum Gasteiger partial charge on any atom is -0.368 e. The highest BCUT2D eigenvalue weighted by Gasteiger charge is 2.23. The van der Waals surface area contributed by atoms with E-state index in [1.165, 1.54) is 0 Å². The van der Waals surface area contributed by atoms with E-state index in [0.717, 1.165) is 36.1 Å². The van der Waals surface area contributed by atoms with Gasteiger partial charge in [-0.2, -0.15) is 0 Å². The molecule has 1 fully saturated rings. The van der Waals surface area contributed by atoms with Crippen LogP contribution >= 0.6 is 0 Å². The minimum atomic E-state index is -0.254. The predicted molar refractivity (Wildman–Crippen MR) is 76.4 cm³/mol. The van der Waals surface area contributed by atoms with E-state index in [2.05, 4.69) is 20.9 Å². The number of hydrogen-bond donors (Lipinski definition) is 1. The second-order valence-corrected chi connectivity index (χ2v) is 5.12. The number of carbonyl (C=O) groups is 1. The summed E-state index contributed by atoms with van der Waals surface area (Å²) >= 11 is 0. The molecule has 0 spiro atoms. The van der Waals surface area contributed by atoms with Crippen LogP contribution in [0.15, 0.2) is 24.3 Å². The first kappa shape index (κ1) is 13.1. The van der Waals surface area contributed by atoms with E-state index in [1.807, 2.05) is 25.2 Å². The van der Waals surface area contributed by atoms with Crippen molar-refractivity contribution in [2.45, 2.75) is 25.4 Å². The summed E-state index contributed by atoms with van der Waals surface area (Å²) in [5.74, 6) is 0.986. The third kappa shape index (κ3) is 2.54. The fraction of sp³-hybridized carbons (Fsp3) is 0.467. The molecule has 1 aromatic carbocycles. The van der Waals surface area contributed by atoms with Gasteiger partial charge in [-0.15, -0.1) is 0 Å². The van der Waals surface area contributed by atoms with Crippen LogP contribution in [0, 0.1) is 0 Å². The fourth-order valence-corrected chi connectivity index (χ4v) is 2.61. The van der Waals surface area contributed by atoms with Gasteiger partial charge in [0.05, 0.1) is 11.0 Å². The molecule has 0 saturated carbocycles. The Labute approximate surface area is 117 Å². The highest BCUT2D eigenvalue weighted by molar-refractivity contribution is 5.81. The molecule has 1 amide bonds. The number of para-hydroxylation sites is 2. The van der Waals surface area contributed by atoms with Gasteiger partial charge in [0.2, 0.25) is 5.91 Å².